The third-order valence-electron chi connectivity index (χ3n) is 5.73. The second kappa shape index (κ2) is 9.91. The molecular weight excluding hydrogens is 432 g/mol. The van der Waals surface area contributed by atoms with Crippen LogP contribution in [0.15, 0.2) is 85.2 Å². The number of benzene rings is 3. The molecule has 3 aromatic carbocycles. The minimum Gasteiger partial charge on any atom is -0.326 e. The molecule has 0 bridgehead atoms. The number of aryl methyl sites for hydroxylation is 1. The summed E-state index contributed by atoms with van der Waals surface area (Å²) < 4.78 is 27.6. The molecule has 0 saturated heterocycles. The summed E-state index contributed by atoms with van der Waals surface area (Å²) in [5.41, 5.74) is 5.86. The lowest BCUT2D eigenvalue weighted by Crippen LogP contribution is -2.15. The molecule has 0 fully saturated rings. The number of hydrogen-bond acceptors (Lipinski definition) is 3. The van der Waals surface area contributed by atoms with Crippen LogP contribution in [0.5, 0.6) is 0 Å². The first-order valence-corrected chi connectivity index (χ1v) is 11.1. The monoisotopic (exact) mass is 457 g/mol. The van der Waals surface area contributed by atoms with E-state index >= 15 is 0 Å². The number of aromatic nitrogens is 2. The molecule has 0 spiro atoms. The number of hydrogen-bond donors (Lipinski definition) is 1. The molecule has 172 valence electrons. The van der Waals surface area contributed by atoms with Crippen LogP contribution in [0.4, 0.5) is 14.5 Å². The van der Waals surface area contributed by atoms with Gasteiger partial charge in [-0.3, -0.25) is 14.8 Å². The van der Waals surface area contributed by atoms with Crippen molar-refractivity contribution in [2.24, 2.45) is 0 Å². The minimum atomic E-state index is -2.86. The van der Waals surface area contributed by atoms with Crippen LogP contribution in [0, 0.1) is 6.92 Å². The van der Waals surface area contributed by atoms with Crippen molar-refractivity contribution in [3.05, 3.63) is 102 Å². The van der Waals surface area contributed by atoms with Gasteiger partial charge < -0.3 is 5.32 Å². The quantitative estimate of drug-likeness (QED) is 0.332. The standard InChI is InChI=1S/C28H25F2N3O/c1-3-28(29,30)22-12-8-20(9-13-22)18-25(34)33-23-14-10-21(11-15-23)26-27(32-17-16-31-26)24-7-5-4-6-19(24)2/h4-17H,3,18H2,1-2H3,(H,33,34). The van der Waals surface area contributed by atoms with Crippen molar-refractivity contribution in [2.75, 3.05) is 5.32 Å². The maximum Gasteiger partial charge on any atom is 0.273 e. The predicted molar refractivity (Wildman–Crippen MR) is 131 cm³/mol. The molecule has 1 aromatic heterocycles. The van der Waals surface area contributed by atoms with E-state index in [9.17, 15) is 13.6 Å². The first-order valence-electron chi connectivity index (χ1n) is 11.1. The van der Waals surface area contributed by atoms with Gasteiger partial charge in [0.1, 0.15) is 0 Å². The normalized spacial score (nSPS) is 11.3. The summed E-state index contributed by atoms with van der Waals surface area (Å²) in [7, 11) is 0. The number of rotatable bonds is 7. The van der Waals surface area contributed by atoms with E-state index in [0.29, 0.717) is 11.3 Å². The van der Waals surface area contributed by atoms with Gasteiger partial charge >= 0.3 is 0 Å². The number of alkyl halides is 2. The fraction of sp³-hybridized carbons (Fsp3) is 0.179. The molecule has 6 heteroatoms. The summed E-state index contributed by atoms with van der Waals surface area (Å²) >= 11 is 0. The van der Waals surface area contributed by atoms with Crippen LogP contribution in [0.25, 0.3) is 22.5 Å². The Morgan fingerprint density at radius 1 is 0.882 bits per heavy atom. The Morgan fingerprint density at radius 3 is 2.18 bits per heavy atom. The number of carbonyl (C=O) groups excluding carboxylic acids is 1. The van der Waals surface area contributed by atoms with Crippen LogP contribution in [-0.2, 0) is 17.1 Å². The van der Waals surface area contributed by atoms with E-state index in [1.165, 1.54) is 19.1 Å². The molecule has 1 heterocycles. The zero-order valence-corrected chi connectivity index (χ0v) is 19.1. The highest BCUT2D eigenvalue weighted by Crippen LogP contribution is 2.32. The summed E-state index contributed by atoms with van der Waals surface area (Å²) in [6.45, 7) is 3.48. The van der Waals surface area contributed by atoms with E-state index in [-0.39, 0.29) is 24.3 Å². The SMILES string of the molecule is CCC(F)(F)c1ccc(CC(=O)Nc2ccc(-c3nccnc3-c3ccccc3C)cc2)cc1. The number of nitrogens with one attached hydrogen (secondary N) is 1. The van der Waals surface area contributed by atoms with E-state index < -0.39 is 5.92 Å². The van der Waals surface area contributed by atoms with Gasteiger partial charge in [-0.2, -0.15) is 0 Å². The lowest BCUT2D eigenvalue weighted by atomic mass is 10.0. The van der Waals surface area contributed by atoms with Crippen molar-refractivity contribution in [3.8, 4) is 22.5 Å². The second-order valence-corrected chi connectivity index (χ2v) is 8.13. The largest absolute Gasteiger partial charge is 0.326 e. The third kappa shape index (κ3) is 5.17. The molecule has 4 rings (SSSR count). The zero-order chi connectivity index (χ0) is 24.1. The topological polar surface area (TPSA) is 54.9 Å². The molecule has 4 aromatic rings. The van der Waals surface area contributed by atoms with Crippen molar-refractivity contribution in [1.29, 1.82) is 0 Å². The molecule has 0 aliphatic rings. The highest BCUT2D eigenvalue weighted by atomic mass is 19.3. The number of nitrogens with zero attached hydrogens (tertiary/aromatic N) is 2. The van der Waals surface area contributed by atoms with Gasteiger partial charge in [0.05, 0.1) is 17.8 Å². The first-order chi connectivity index (χ1) is 16.4. The summed E-state index contributed by atoms with van der Waals surface area (Å²) in [6.07, 6.45) is 3.18. The Hall–Kier alpha value is -3.93. The molecule has 4 nitrogen and oxygen atoms in total. The Labute approximate surface area is 197 Å². The van der Waals surface area contributed by atoms with Gasteiger partial charge in [-0.05, 0) is 30.2 Å². The molecule has 0 atom stereocenters. The summed E-state index contributed by atoms with van der Waals surface area (Å²) in [4.78, 5) is 21.6. The molecule has 1 amide bonds. The van der Waals surface area contributed by atoms with Gasteiger partial charge in [-0.1, -0.05) is 67.6 Å². The molecular formula is C28H25F2N3O. The molecule has 0 aliphatic heterocycles. The smallest absolute Gasteiger partial charge is 0.273 e. The summed E-state index contributed by atoms with van der Waals surface area (Å²) in [6, 6.07) is 21.3. The van der Waals surface area contributed by atoms with E-state index in [1.54, 1.807) is 24.5 Å². The van der Waals surface area contributed by atoms with Crippen LogP contribution >= 0.6 is 0 Å². The van der Waals surface area contributed by atoms with Gasteiger partial charge in [0.2, 0.25) is 5.91 Å². The molecule has 1 N–H and O–H groups in total. The Morgan fingerprint density at radius 2 is 1.53 bits per heavy atom. The average Bonchev–Trinajstić information content (AvgIpc) is 2.85. The Balaban J connectivity index is 1.46. The lowest BCUT2D eigenvalue weighted by molar-refractivity contribution is -0.115. The van der Waals surface area contributed by atoms with Crippen LogP contribution in [0.2, 0.25) is 0 Å². The fourth-order valence-corrected chi connectivity index (χ4v) is 3.76. The van der Waals surface area contributed by atoms with Crippen LogP contribution in [0.1, 0.15) is 30.0 Å². The van der Waals surface area contributed by atoms with E-state index in [2.05, 4.69) is 15.3 Å². The summed E-state index contributed by atoms with van der Waals surface area (Å²) in [5.74, 6) is -3.08. The van der Waals surface area contributed by atoms with Gasteiger partial charge in [0.25, 0.3) is 5.92 Å². The Kier molecular flexibility index (Phi) is 6.77. The van der Waals surface area contributed by atoms with Crippen LogP contribution < -0.4 is 5.32 Å². The maximum atomic E-state index is 13.8. The highest BCUT2D eigenvalue weighted by molar-refractivity contribution is 5.92. The van der Waals surface area contributed by atoms with Crippen LogP contribution in [-0.4, -0.2) is 15.9 Å². The minimum absolute atomic E-state index is 0.0381. The van der Waals surface area contributed by atoms with Gasteiger partial charge in [-0.15, -0.1) is 0 Å². The number of amides is 1. The number of anilines is 1. The van der Waals surface area contributed by atoms with Crippen molar-refractivity contribution in [2.45, 2.75) is 32.6 Å². The molecule has 34 heavy (non-hydrogen) atoms. The molecule has 0 aliphatic carbocycles. The van der Waals surface area contributed by atoms with E-state index in [4.69, 9.17) is 0 Å². The van der Waals surface area contributed by atoms with Crippen molar-refractivity contribution in [3.63, 3.8) is 0 Å². The van der Waals surface area contributed by atoms with Gasteiger partial charge in [0.15, 0.2) is 0 Å². The molecule has 0 radical (unpaired) electrons. The number of halogens is 2. The Bertz CT molecular complexity index is 1290. The zero-order valence-electron chi connectivity index (χ0n) is 19.1. The van der Waals surface area contributed by atoms with Crippen molar-refractivity contribution < 1.29 is 13.6 Å². The molecule has 0 unspecified atom stereocenters. The van der Waals surface area contributed by atoms with Gasteiger partial charge in [0, 0.05) is 41.2 Å². The predicted octanol–water partition coefficient (Wildman–Crippen LogP) is 6.80. The van der Waals surface area contributed by atoms with Crippen molar-refractivity contribution >= 4 is 11.6 Å². The molecule has 0 saturated carbocycles. The average molecular weight is 458 g/mol. The van der Waals surface area contributed by atoms with E-state index in [1.807, 2.05) is 55.5 Å². The van der Waals surface area contributed by atoms with Gasteiger partial charge in [-0.25, -0.2) is 8.78 Å². The first kappa shape index (κ1) is 23.2. The fourth-order valence-electron chi connectivity index (χ4n) is 3.76. The lowest BCUT2D eigenvalue weighted by Gasteiger charge is -2.14. The maximum absolute atomic E-state index is 13.8. The summed E-state index contributed by atoms with van der Waals surface area (Å²) in [5, 5.41) is 2.86. The second-order valence-electron chi connectivity index (χ2n) is 8.13. The highest BCUT2D eigenvalue weighted by Gasteiger charge is 2.28. The van der Waals surface area contributed by atoms with Crippen molar-refractivity contribution in [1.82, 2.24) is 9.97 Å². The number of carbonyl (C=O) groups is 1. The third-order valence-corrected chi connectivity index (χ3v) is 5.73. The van der Waals surface area contributed by atoms with E-state index in [0.717, 1.165) is 28.1 Å². The van der Waals surface area contributed by atoms with Crippen LogP contribution in [0.3, 0.4) is 0 Å².